The van der Waals surface area contributed by atoms with Crippen molar-refractivity contribution in [1.29, 1.82) is 0 Å². The van der Waals surface area contributed by atoms with Crippen LogP contribution in [0.2, 0.25) is 0 Å². The summed E-state index contributed by atoms with van der Waals surface area (Å²) in [6.45, 7) is 8.64. The van der Waals surface area contributed by atoms with Gasteiger partial charge in [0.05, 0.1) is 12.7 Å². The Balaban J connectivity index is 2.33. The number of H-pyrrole nitrogens is 1. The van der Waals surface area contributed by atoms with Crippen LogP contribution in [0.25, 0.3) is 0 Å². The summed E-state index contributed by atoms with van der Waals surface area (Å²) in [6.07, 6.45) is 0. The molecule has 0 fully saturated rings. The van der Waals surface area contributed by atoms with Crippen LogP contribution in [0.15, 0.2) is 24.3 Å². The molecule has 5 heteroatoms. The second-order valence-corrected chi connectivity index (χ2v) is 5.86. The van der Waals surface area contributed by atoms with Crippen molar-refractivity contribution < 1.29 is 14.3 Å². The van der Waals surface area contributed by atoms with Crippen LogP contribution in [0.1, 0.15) is 50.2 Å². The lowest BCUT2D eigenvalue weighted by molar-refractivity contribution is 0.0599. The van der Waals surface area contributed by atoms with Crippen molar-refractivity contribution in [2.45, 2.75) is 34.2 Å². The Morgan fingerprint density at radius 3 is 2.42 bits per heavy atom. The lowest BCUT2D eigenvalue weighted by Crippen LogP contribution is -2.31. The van der Waals surface area contributed by atoms with Crippen LogP contribution in [0.5, 0.6) is 0 Å². The summed E-state index contributed by atoms with van der Waals surface area (Å²) in [7, 11) is 1.34. The highest BCUT2D eigenvalue weighted by Gasteiger charge is 2.25. The quantitative estimate of drug-likeness (QED) is 0.856. The van der Waals surface area contributed by atoms with Gasteiger partial charge in [-0.2, -0.15) is 0 Å². The largest absolute Gasteiger partial charge is 0.465 e. The summed E-state index contributed by atoms with van der Waals surface area (Å²) in [5.41, 5.74) is 4.43. The van der Waals surface area contributed by atoms with Gasteiger partial charge in [-0.25, -0.2) is 4.79 Å². The van der Waals surface area contributed by atoms with Crippen LogP contribution in [0, 0.1) is 20.8 Å². The first-order chi connectivity index (χ1) is 11.4. The number of amides is 1. The SMILES string of the molecule is CCN(Cc1ccccc1C)C(=O)c1[nH]c(C)c(C(=O)OC)c1C. The number of hydrogen-bond donors (Lipinski definition) is 1. The lowest BCUT2D eigenvalue weighted by Gasteiger charge is -2.22. The molecule has 1 heterocycles. The van der Waals surface area contributed by atoms with Gasteiger partial charge in [0, 0.05) is 18.8 Å². The minimum absolute atomic E-state index is 0.114. The van der Waals surface area contributed by atoms with E-state index in [0.29, 0.717) is 35.6 Å². The third-order valence-electron chi connectivity index (χ3n) is 4.33. The van der Waals surface area contributed by atoms with Gasteiger partial charge in [0.15, 0.2) is 0 Å². The second-order valence-electron chi connectivity index (χ2n) is 5.86. The molecule has 0 aliphatic heterocycles. The van der Waals surface area contributed by atoms with E-state index >= 15 is 0 Å². The molecule has 5 nitrogen and oxygen atoms in total. The first-order valence-corrected chi connectivity index (χ1v) is 8.01. The van der Waals surface area contributed by atoms with Gasteiger partial charge in [0.25, 0.3) is 5.91 Å². The minimum Gasteiger partial charge on any atom is -0.465 e. The summed E-state index contributed by atoms with van der Waals surface area (Å²) >= 11 is 0. The maximum atomic E-state index is 12.9. The van der Waals surface area contributed by atoms with E-state index in [1.807, 2.05) is 38.1 Å². The fraction of sp³-hybridized carbons (Fsp3) is 0.368. The van der Waals surface area contributed by atoms with E-state index in [1.165, 1.54) is 7.11 Å². The first-order valence-electron chi connectivity index (χ1n) is 8.01. The highest BCUT2D eigenvalue weighted by atomic mass is 16.5. The Bertz CT molecular complexity index is 762. The number of hydrogen-bond acceptors (Lipinski definition) is 3. The highest BCUT2D eigenvalue weighted by molar-refractivity contribution is 6.00. The number of aromatic nitrogens is 1. The van der Waals surface area contributed by atoms with Crippen LogP contribution in [0.4, 0.5) is 0 Å². The normalized spacial score (nSPS) is 10.5. The van der Waals surface area contributed by atoms with E-state index < -0.39 is 5.97 Å². The minimum atomic E-state index is -0.428. The monoisotopic (exact) mass is 328 g/mol. The maximum absolute atomic E-state index is 12.9. The zero-order valence-electron chi connectivity index (χ0n) is 14.9. The Morgan fingerprint density at radius 2 is 1.83 bits per heavy atom. The molecule has 0 radical (unpaired) electrons. The van der Waals surface area contributed by atoms with Gasteiger partial charge in [0.1, 0.15) is 5.69 Å². The van der Waals surface area contributed by atoms with Crippen LogP contribution in [0.3, 0.4) is 0 Å². The van der Waals surface area contributed by atoms with E-state index in [1.54, 1.807) is 18.7 Å². The predicted molar refractivity (Wildman–Crippen MR) is 93.2 cm³/mol. The molecular formula is C19H24N2O3. The van der Waals surface area contributed by atoms with Gasteiger partial charge in [0.2, 0.25) is 0 Å². The van der Waals surface area contributed by atoms with Crippen molar-refractivity contribution in [2.75, 3.05) is 13.7 Å². The number of rotatable bonds is 5. The molecule has 0 saturated heterocycles. The number of nitrogens with zero attached hydrogens (tertiary/aromatic N) is 1. The van der Waals surface area contributed by atoms with Gasteiger partial charge < -0.3 is 14.6 Å². The smallest absolute Gasteiger partial charge is 0.339 e. The molecule has 1 N–H and O–H groups in total. The second kappa shape index (κ2) is 7.34. The molecule has 1 amide bonds. The zero-order valence-corrected chi connectivity index (χ0v) is 14.9. The molecule has 24 heavy (non-hydrogen) atoms. The number of nitrogens with one attached hydrogen (secondary N) is 1. The fourth-order valence-electron chi connectivity index (χ4n) is 2.85. The Hall–Kier alpha value is -2.56. The molecule has 1 aromatic carbocycles. The molecule has 0 bridgehead atoms. The number of benzene rings is 1. The molecule has 0 saturated carbocycles. The van der Waals surface area contributed by atoms with Gasteiger partial charge in [-0.1, -0.05) is 24.3 Å². The summed E-state index contributed by atoms with van der Waals surface area (Å²) in [5, 5.41) is 0. The molecule has 128 valence electrons. The van der Waals surface area contributed by atoms with E-state index in [9.17, 15) is 9.59 Å². The number of carbonyl (C=O) groups excluding carboxylic acids is 2. The summed E-state index contributed by atoms with van der Waals surface area (Å²) in [6, 6.07) is 8.02. The highest BCUT2D eigenvalue weighted by Crippen LogP contribution is 2.21. The number of aryl methyl sites for hydroxylation is 2. The Kier molecular flexibility index (Phi) is 5.44. The first kappa shape index (κ1) is 17.8. The average Bonchev–Trinajstić information content (AvgIpc) is 2.87. The molecular weight excluding hydrogens is 304 g/mol. The van der Waals surface area contributed by atoms with E-state index in [2.05, 4.69) is 4.98 Å². The van der Waals surface area contributed by atoms with Crippen molar-refractivity contribution >= 4 is 11.9 Å². The van der Waals surface area contributed by atoms with Gasteiger partial charge in [-0.15, -0.1) is 0 Å². The molecule has 0 atom stereocenters. The molecule has 0 aliphatic carbocycles. The lowest BCUT2D eigenvalue weighted by atomic mass is 10.1. The molecule has 1 aromatic heterocycles. The van der Waals surface area contributed by atoms with E-state index in [0.717, 1.165) is 11.1 Å². The number of esters is 1. The van der Waals surface area contributed by atoms with Crippen LogP contribution < -0.4 is 0 Å². The fourth-order valence-corrected chi connectivity index (χ4v) is 2.85. The van der Waals surface area contributed by atoms with E-state index in [-0.39, 0.29) is 5.91 Å². The molecule has 0 spiro atoms. The third kappa shape index (κ3) is 3.35. The molecule has 0 unspecified atom stereocenters. The number of ether oxygens (including phenoxy) is 1. The molecule has 2 aromatic rings. The van der Waals surface area contributed by atoms with Crippen LogP contribution in [-0.2, 0) is 11.3 Å². The topological polar surface area (TPSA) is 62.4 Å². The van der Waals surface area contributed by atoms with Crippen molar-refractivity contribution in [3.63, 3.8) is 0 Å². The zero-order chi connectivity index (χ0) is 17.9. The maximum Gasteiger partial charge on any atom is 0.339 e. The van der Waals surface area contributed by atoms with Crippen molar-refractivity contribution in [3.8, 4) is 0 Å². The number of carbonyl (C=O) groups is 2. The standard InChI is InChI=1S/C19H24N2O3/c1-6-21(11-15-10-8-7-9-12(15)2)18(22)17-13(3)16(14(4)20-17)19(23)24-5/h7-10,20H,6,11H2,1-5H3. The van der Waals surface area contributed by atoms with Crippen LogP contribution in [-0.4, -0.2) is 35.4 Å². The van der Waals surface area contributed by atoms with E-state index in [4.69, 9.17) is 4.74 Å². The third-order valence-corrected chi connectivity index (χ3v) is 4.33. The van der Waals surface area contributed by atoms with Gasteiger partial charge >= 0.3 is 5.97 Å². The molecule has 2 rings (SSSR count). The Morgan fingerprint density at radius 1 is 1.17 bits per heavy atom. The average molecular weight is 328 g/mol. The van der Waals surface area contributed by atoms with Gasteiger partial charge in [-0.05, 0) is 44.4 Å². The summed E-state index contributed by atoms with van der Waals surface area (Å²) < 4.78 is 4.81. The van der Waals surface area contributed by atoms with Gasteiger partial charge in [-0.3, -0.25) is 4.79 Å². The summed E-state index contributed by atoms with van der Waals surface area (Å²) in [5.74, 6) is -0.543. The van der Waals surface area contributed by atoms with Crippen molar-refractivity contribution in [1.82, 2.24) is 9.88 Å². The van der Waals surface area contributed by atoms with Crippen molar-refractivity contribution in [2.24, 2.45) is 0 Å². The number of methoxy groups -OCH3 is 1. The van der Waals surface area contributed by atoms with Crippen molar-refractivity contribution in [3.05, 3.63) is 57.9 Å². The summed E-state index contributed by atoms with van der Waals surface area (Å²) in [4.78, 5) is 29.6. The Labute approximate surface area is 142 Å². The molecule has 0 aliphatic rings. The predicted octanol–water partition coefficient (Wildman–Crippen LogP) is 3.39. The number of aromatic amines is 1. The van der Waals surface area contributed by atoms with Crippen LogP contribution >= 0.6 is 0 Å².